The molecule has 0 aliphatic carbocycles. The third kappa shape index (κ3) is 7.65. The van der Waals surface area contributed by atoms with Gasteiger partial charge in [-0.3, -0.25) is 0 Å². The topological polar surface area (TPSA) is 45.5 Å². The lowest BCUT2D eigenvalue weighted by Crippen LogP contribution is -1.98. The molecule has 0 saturated heterocycles. The third-order valence-corrected chi connectivity index (χ3v) is 18.8. The van der Waals surface area contributed by atoms with Crippen LogP contribution < -0.4 is 0 Å². The molecule has 0 radical (unpaired) electrons. The molecule has 0 unspecified atom stereocenters. The standard InChI is InChI=1S/C84H52N6/c1-3-18-60(19-4-1)87-74-27-13-9-23-65(74)70-49-56(36-45-78(70)87)58-38-47-80-72(51-58)67-25-11-15-29-76(67)89(80)62-40-31-54(32-41-62)82-69-44-35-53-17-7-8-22-64(53)83(69)86-84(85-82)55-33-42-63(43-34-55)90-77-30-16-12-26-68(77)73-52-59(39-48-81(73)90)57-37-46-79-71(50-57)66-24-10-14-28-75(66)88(79)61-20-5-2-6-21-61/h1-52H. The molecule has 0 fully saturated rings. The fourth-order valence-corrected chi connectivity index (χ4v) is 14.6. The molecule has 6 nitrogen and oxygen atoms in total. The van der Waals surface area contributed by atoms with Crippen LogP contribution in [0.5, 0.6) is 0 Å². The van der Waals surface area contributed by atoms with Crippen LogP contribution >= 0.6 is 0 Å². The van der Waals surface area contributed by atoms with E-state index in [1.807, 2.05) is 0 Å². The summed E-state index contributed by atoms with van der Waals surface area (Å²) in [6.45, 7) is 0. The fraction of sp³-hybridized carbons (Fsp3) is 0. The van der Waals surface area contributed by atoms with Crippen molar-refractivity contribution in [1.82, 2.24) is 28.2 Å². The van der Waals surface area contributed by atoms with Crippen molar-refractivity contribution in [2.45, 2.75) is 0 Å². The Hall–Kier alpha value is -12.1. The Kier molecular flexibility index (Phi) is 11.0. The molecule has 0 atom stereocenters. The van der Waals surface area contributed by atoms with E-state index in [1.165, 1.54) is 87.4 Å². The van der Waals surface area contributed by atoms with Crippen LogP contribution in [0.3, 0.4) is 0 Å². The molecule has 19 rings (SSSR count). The van der Waals surface area contributed by atoms with Gasteiger partial charge in [0.1, 0.15) is 0 Å². The Bertz CT molecular complexity index is 6120. The van der Waals surface area contributed by atoms with Crippen molar-refractivity contribution in [2.75, 3.05) is 0 Å². The minimum atomic E-state index is 0.680. The molecule has 6 heteroatoms. The average Bonchev–Trinajstić information content (AvgIpc) is 2.45. The maximum Gasteiger partial charge on any atom is 0.160 e. The van der Waals surface area contributed by atoms with Gasteiger partial charge in [-0.25, -0.2) is 9.97 Å². The van der Waals surface area contributed by atoms with E-state index in [0.717, 1.165) is 83.3 Å². The molecular weight excluding hydrogens is 1090 g/mol. The third-order valence-electron chi connectivity index (χ3n) is 18.8. The van der Waals surface area contributed by atoms with E-state index in [4.69, 9.17) is 9.97 Å². The van der Waals surface area contributed by atoms with Crippen molar-refractivity contribution in [3.8, 4) is 67.6 Å². The minimum Gasteiger partial charge on any atom is -0.309 e. The first-order valence-corrected chi connectivity index (χ1v) is 30.8. The number of nitrogens with zero attached hydrogens (tertiary/aromatic N) is 6. The molecule has 0 N–H and O–H groups in total. The number of benzene rings is 14. The van der Waals surface area contributed by atoms with Crippen LogP contribution in [0, 0.1) is 0 Å². The van der Waals surface area contributed by atoms with Crippen LogP contribution in [0.15, 0.2) is 315 Å². The van der Waals surface area contributed by atoms with Gasteiger partial charge in [-0.2, -0.15) is 0 Å². The molecule has 0 spiro atoms. The van der Waals surface area contributed by atoms with Crippen LogP contribution in [-0.2, 0) is 0 Å². The summed E-state index contributed by atoms with van der Waals surface area (Å²) in [7, 11) is 0. The van der Waals surface area contributed by atoms with Crippen LogP contribution in [0.4, 0.5) is 0 Å². The lowest BCUT2D eigenvalue weighted by Gasteiger charge is -2.14. The summed E-state index contributed by atoms with van der Waals surface area (Å²) in [5.41, 5.74) is 22.4. The van der Waals surface area contributed by atoms with Gasteiger partial charge in [-0.05, 0) is 167 Å². The van der Waals surface area contributed by atoms with Crippen LogP contribution in [0.1, 0.15) is 0 Å². The number of fused-ring (bicyclic) bond motifs is 15. The lowest BCUT2D eigenvalue weighted by atomic mass is 10.0. The average molecular weight is 1150 g/mol. The second-order valence-electron chi connectivity index (χ2n) is 23.7. The largest absolute Gasteiger partial charge is 0.309 e. The summed E-state index contributed by atoms with van der Waals surface area (Å²) < 4.78 is 9.54. The monoisotopic (exact) mass is 1140 g/mol. The zero-order chi connectivity index (χ0) is 59.0. The Labute approximate surface area is 517 Å². The normalized spacial score (nSPS) is 12.0. The molecule has 14 aromatic carbocycles. The van der Waals surface area contributed by atoms with Crippen LogP contribution in [0.2, 0.25) is 0 Å². The number of rotatable bonds is 8. The predicted molar refractivity (Wildman–Crippen MR) is 376 cm³/mol. The molecule has 5 heterocycles. The van der Waals surface area contributed by atoms with E-state index < -0.39 is 0 Å². The zero-order valence-corrected chi connectivity index (χ0v) is 48.7. The van der Waals surface area contributed by atoms with Crippen molar-refractivity contribution >= 4 is 109 Å². The van der Waals surface area contributed by atoms with Crippen molar-refractivity contribution < 1.29 is 0 Å². The minimum absolute atomic E-state index is 0.680. The Morgan fingerprint density at radius 3 is 0.900 bits per heavy atom. The van der Waals surface area contributed by atoms with E-state index in [9.17, 15) is 0 Å². The lowest BCUT2D eigenvalue weighted by molar-refractivity contribution is 1.17. The number of aromatic nitrogens is 6. The van der Waals surface area contributed by atoms with Crippen molar-refractivity contribution in [1.29, 1.82) is 0 Å². The van der Waals surface area contributed by atoms with Gasteiger partial charge in [0.15, 0.2) is 5.82 Å². The Morgan fingerprint density at radius 2 is 0.500 bits per heavy atom. The van der Waals surface area contributed by atoms with Crippen molar-refractivity contribution in [2.24, 2.45) is 0 Å². The highest BCUT2D eigenvalue weighted by atomic mass is 15.0. The molecule has 0 aliphatic rings. The Morgan fingerprint density at radius 1 is 0.189 bits per heavy atom. The second kappa shape index (κ2) is 19.7. The van der Waals surface area contributed by atoms with Gasteiger partial charge >= 0.3 is 0 Å². The van der Waals surface area contributed by atoms with E-state index in [1.54, 1.807) is 0 Å². The highest BCUT2D eigenvalue weighted by molar-refractivity contribution is 6.15. The fourth-order valence-electron chi connectivity index (χ4n) is 14.6. The summed E-state index contributed by atoms with van der Waals surface area (Å²) in [6, 6.07) is 115. The molecule has 0 aliphatic heterocycles. The molecule has 418 valence electrons. The zero-order valence-electron chi connectivity index (χ0n) is 48.7. The molecule has 19 aromatic rings. The van der Waals surface area contributed by atoms with Crippen molar-refractivity contribution in [3.63, 3.8) is 0 Å². The van der Waals surface area contributed by atoms with Gasteiger partial charge in [0.25, 0.3) is 0 Å². The summed E-state index contributed by atoms with van der Waals surface area (Å²) in [5, 5.41) is 13.1. The molecule has 5 aromatic heterocycles. The van der Waals surface area contributed by atoms with Crippen LogP contribution in [0.25, 0.3) is 177 Å². The van der Waals surface area contributed by atoms with Crippen LogP contribution in [-0.4, -0.2) is 28.2 Å². The first-order valence-electron chi connectivity index (χ1n) is 30.8. The van der Waals surface area contributed by atoms with Gasteiger partial charge < -0.3 is 18.3 Å². The predicted octanol–water partition coefficient (Wildman–Crippen LogP) is 21.8. The quantitative estimate of drug-likeness (QED) is 0.142. The number of hydrogen-bond acceptors (Lipinski definition) is 2. The van der Waals surface area contributed by atoms with Gasteiger partial charge in [-0.15, -0.1) is 0 Å². The Balaban J connectivity index is 0.680. The van der Waals surface area contributed by atoms with Crippen molar-refractivity contribution in [3.05, 3.63) is 315 Å². The first-order chi connectivity index (χ1) is 44.6. The second-order valence-corrected chi connectivity index (χ2v) is 23.7. The van der Waals surface area contributed by atoms with E-state index in [2.05, 4.69) is 334 Å². The summed E-state index contributed by atoms with van der Waals surface area (Å²) >= 11 is 0. The molecule has 0 bridgehead atoms. The van der Waals surface area contributed by atoms with E-state index in [0.29, 0.717) is 5.82 Å². The highest BCUT2D eigenvalue weighted by Gasteiger charge is 2.21. The van der Waals surface area contributed by atoms with Gasteiger partial charge in [0.2, 0.25) is 0 Å². The molecule has 0 amide bonds. The summed E-state index contributed by atoms with van der Waals surface area (Å²) in [4.78, 5) is 10.9. The summed E-state index contributed by atoms with van der Waals surface area (Å²) in [6.07, 6.45) is 0. The maximum atomic E-state index is 5.49. The van der Waals surface area contributed by atoms with Gasteiger partial charge in [-0.1, -0.05) is 176 Å². The first kappa shape index (κ1) is 50.1. The SMILES string of the molecule is c1ccc(-n2c3ccccc3c3cc(-c4ccc5c(c4)c4ccccc4n5-c4ccc(-c5nc(-c6ccc(-n7c8ccccc8c8cc(-c9ccc%10c(c9)c9ccccc9n%10-c9ccccc9)ccc87)cc6)c6ccc7ccccc7c6n5)cc4)ccc32)cc1. The van der Waals surface area contributed by atoms with E-state index >= 15 is 0 Å². The van der Waals surface area contributed by atoms with Gasteiger partial charge in [0, 0.05) is 87.7 Å². The highest BCUT2D eigenvalue weighted by Crippen LogP contribution is 2.42. The maximum absolute atomic E-state index is 5.49. The molecule has 0 saturated carbocycles. The summed E-state index contributed by atoms with van der Waals surface area (Å²) in [5.74, 6) is 0.680. The van der Waals surface area contributed by atoms with Gasteiger partial charge in [0.05, 0.1) is 55.3 Å². The number of para-hydroxylation sites is 6. The molecular formula is C84H52N6. The molecule has 90 heavy (non-hydrogen) atoms. The van der Waals surface area contributed by atoms with E-state index in [-0.39, 0.29) is 0 Å². The smallest absolute Gasteiger partial charge is 0.160 e. The number of hydrogen-bond donors (Lipinski definition) is 0.